The zero-order valence-electron chi connectivity index (χ0n) is 13.0. The van der Waals surface area contributed by atoms with E-state index in [1.54, 1.807) is 6.07 Å². The van der Waals surface area contributed by atoms with Gasteiger partial charge in [-0.15, -0.1) is 13.2 Å². The number of amides is 1. The number of hydrogen-bond donors (Lipinski definition) is 1. The molecule has 0 saturated heterocycles. The molecule has 1 aromatic heterocycles. The molecule has 1 N–H and O–H groups in total. The summed E-state index contributed by atoms with van der Waals surface area (Å²) in [5, 5.41) is 2.63. The van der Waals surface area contributed by atoms with Gasteiger partial charge in [-0.3, -0.25) is 4.79 Å². The number of nitrogens with zero attached hydrogens (tertiary/aromatic N) is 1. The molecule has 0 radical (unpaired) electrons. The number of rotatable bonds is 8. The summed E-state index contributed by atoms with van der Waals surface area (Å²) in [5.74, 6) is -0.231. The maximum atomic E-state index is 12.6. The fourth-order valence-corrected chi connectivity index (χ4v) is 3.40. The van der Waals surface area contributed by atoms with E-state index in [4.69, 9.17) is 4.42 Å². The molecule has 1 amide bonds. The first-order valence-corrected chi connectivity index (χ1v) is 8.60. The van der Waals surface area contributed by atoms with Crippen LogP contribution >= 0.6 is 0 Å². The molecule has 0 aliphatic rings. The molecule has 24 heavy (non-hydrogen) atoms. The molecular formula is C17H18N2O4S. The van der Waals surface area contributed by atoms with Crippen molar-refractivity contribution < 1.29 is 17.6 Å². The first-order chi connectivity index (χ1) is 11.5. The van der Waals surface area contributed by atoms with Gasteiger partial charge in [-0.1, -0.05) is 12.2 Å². The minimum Gasteiger partial charge on any atom is -0.459 e. The summed E-state index contributed by atoms with van der Waals surface area (Å²) in [6.45, 7) is 7.50. The highest BCUT2D eigenvalue weighted by Gasteiger charge is 2.22. The Bertz CT molecular complexity index is 799. The van der Waals surface area contributed by atoms with Crippen molar-refractivity contribution in [2.75, 3.05) is 18.4 Å². The van der Waals surface area contributed by atoms with Crippen LogP contribution < -0.4 is 5.32 Å². The third-order valence-electron chi connectivity index (χ3n) is 3.16. The van der Waals surface area contributed by atoms with E-state index < -0.39 is 15.9 Å². The van der Waals surface area contributed by atoms with Crippen LogP contribution in [0.25, 0.3) is 0 Å². The van der Waals surface area contributed by atoms with Crippen molar-refractivity contribution in [2.45, 2.75) is 4.90 Å². The quantitative estimate of drug-likeness (QED) is 0.745. The normalized spacial score (nSPS) is 11.2. The van der Waals surface area contributed by atoms with E-state index in [-0.39, 0.29) is 23.7 Å². The van der Waals surface area contributed by atoms with E-state index in [1.165, 1.54) is 53.1 Å². The average Bonchev–Trinajstić information content (AvgIpc) is 3.10. The van der Waals surface area contributed by atoms with Crippen molar-refractivity contribution in [1.29, 1.82) is 0 Å². The lowest BCUT2D eigenvalue weighted by atomic mass is 10.3. The Hall–Kier alpha value is -2.64. The molecule has 0 bridgehead atoms. The first-order valence-electron chi connectivity index (χ1n) is 7.16. The molecule has 0 aliphatic carbocycles. The molecule has 0 spiro atoms. The minimum atomic E-state index is -3.65. The van der Waals surface area contributed by atoms with Crippen molar-refractivity contribution >= 4 is 21.6 Å². The molecule has 2 rings (SSSR count). The van der Waals surface area contributed by atoms with E-state index in [9.17, 15) is 13.2 Å². The van der Waals surface area contributed by atoms with Gasteiger partial charge < -0.3 is 9.73 Å². The largest absolute Gasteiger partial charge is 0.459 e. The molecule has 0 saturated carbocycles. The Morgan fingerprint density at radius 2 is 1.75 bits per heavy atom. The van der Waals surface area contributed by atoms with Gasteiger partial charge in [0.25, 0.3) is 5.91 Å². The fourth-order valence-electron chi connectivity index (χ4n) is 2.02. The van der Waals surface area contributed by atoms with E-state index in [1.807, 2.05) is 0 Å². The van der Waals surface area contributed by atoms with Crippen LogP contribution in [0.1, 0.15) is 10.6 Å². The number of nitrogens with one attached hydrogen (secondary N) is 1. The zero-order chi connectivity index (χ0) is 17.6. The number of hydrogen-bond acceptors (Lipinski definition) is 4. The maximum Gasteiger partial charge on any atom is 0.291 e. The molecule has 0 fully saturated rings. The Morgan fingerprint density at radius 1 is 1.12 bits per heavy atom. The van der Waals surface area contributed by atoms with Gasteiger partial charge in [0, 0.05) is 18.8 Å². The van der Waals surface area contributed by atoms with Crippen molar-refractivity contribution in [3.05, 3.63) is 73.7 Å². The number of carbonyl (C=O) groups is 1. The van der Waals surface area contributed by atoms with Crippen LogP contribution in [0.2, 0.25) is 0 Å². The monoisotopic (exact) mass is 346 g/mol. The van der Waals surface area contributed by atoms with Gasteiger partial charge in [0.2, 0.25) is 10.0 Å². The number of anilines is 1. The Kier molecular flexibility index (Phi) is 5.73. The van der Waals surface area contributed by atoms with E-state index in [2.05, 4.69) is 18.5 Å². The summed E-state index contributed by atoms with van der Waals surface area (Å²) in [5.41, 5.74) is 0.467. The third-order valence-corrected chi connectivity index (χ3v) is 5.01. The molecule has 0 aliphatic heterocycles. The van der Waals surface area contributed by atoms with Crippen molar-refractivity contribution in [3.63, 3.8) is 0 Å². The van der Waals surface area contributed by atoms with Gasteiger partial charge in [0.1, 0.15) is 0 Å². The van der Waals surface area contributed by atoms with Crippen LogP contribution in [-0.4, -0.2) is 31.7 Å². The van der Waals surface area contributed by atoms with Crippen LogP contribution in [0.4, 0.5) is 5.69 Å². The number of carbonyl (C=O) groups excluding carboxylic acids is 1. The van der Waals surface area contributed by atoms with Gasteiger partial charge in [0.15, 0.2) is 5.76 Å². The maximum absolute atomic E-state index is 12.6. The van der Waals surface area contributed by atoms with E-state index >= 15 is 0 Å². The summed E-state index contributed by atoms with van der Waals surface area (Å²) in [6, 6.07) is 9.06. The lowest BCUT2D eigenvalue weighted by molar-refractivity contribution is 0.0996. The van der Waals surface area contributed by atoms with Crippen molar-refractivity contribution in [1.82, 2.24) is 4.31 Å². The number of furan rings is 1. The SMILES string of the molecule is C=CCN(CC=C)S(=O)(=O)c1ccc(NC(=O)c2ccco2)cc1. The smallest absolute Gasteiger partial charge is 0.291 e. The lowest BCUT2D eigenvalue weighted by Crippen LogP contribution is -2.31. The standard InChI is InChI=1S/C17H18N2O4S/c1-3-11-19(12-4-2)24(21,22)15-9-7-14(8-10-15)18-17(20)16-6-5-13-23-16/h3-10,13H,1-2,11-12H2,(H,18,20). The van der Waals surface area contributed by atoms with Gasteiger partial charge in [-0.2, -0.15) is 4.31 Å². The molecule has 6 nitrogen and oxygen atoms in total. The lowest BCUT2D eigenvalue weighted by Gasteiger charge is -2.19. The van der Waals surface area contributed by atoms with Crippen molar-refractivity contribution in [3.8, 4) is 0 Å². The van der Waals surface area contributed by atoms with Gasteiger partial charge in [-0.05, 0) is 36.4 Å². The summed E-state index contributed by atoms with van der Waals surface area (Å²) in [7, 11) is -3.65. The summed E-state index contributed by atoms with van der Waals surface area (Å²) in [4.78, 5) is 12.0. The summed E-state index contributed by atoms with van der Waals surface area (Å²) >= 11 is 0. The average molecular weight is 346 g/mol. The molecule has 126 valence electrons. The molecule has 7 heteroatoms. The molecule has 2 aromatic rings. The van der Waals surface area contributed by atoms with Crippen LogP contribution in [0.15, 0.2) is 77.3 Å². The highest BCUT2D eigenvalue weighted by Crippen LogP contribution is 2.19. The van der Waals surface area contributed by atoms with Crippen LogP contribution in [-0.2, 0) is 10.0 Å². The second-order valence-electron chi connectivity index (χ2n) is 4.86. The van der Waals surface area contributed by atoms with Gasteiger partial charge >= 0.3 is 0 Å². The number of benzene rings is 1. The predicted molar refractivity (Wildman–Crippen MR) is 92.3 cm³/mol. The van der Waals surface area contributed by atoms with Gasteiger partial charge in [-0.25, -0.2) is 8.42 Å². The van der Waals surface area contributed by atoms with E-state index in [0.717, 1.165) is 0 Å². The topological polar surface area (TPSA) is 79.6 Å². The van der Waals surface area contributed by atoms with E-state index in [0.29, 0.717) is 5.69 Å². The summed E-state index contributed by atoms with van der Waals surface area (Å²) in [6.07, 6.45) is 4.43. The molecule has 1 heterocycles. The molecular weight excluding hydrogens is 328 g/mol. The highest BCUT2D eigenvalue weighted by molar-refractivity contribution is 7.89. The third kappa shape index (κ3) is 4.01. The molecule has 0 unspecified atom stereocenters. The fraction of sp³-hybridized carbons (Fsp3) is 0.118. The Balaban J connectivity index is 2.17. The second-order valence-corrected chi connectivity index (χ2v) is 6.79. The van der Waals surface area contributed by atoms with Gasteiger partial charge in [0.05, 0.1) is 11.2 Å². The highest BCUT2D eigenvalue weighted by atomic mass is 32.2. The zero-order valence-corrected chi connectivity index (χ0v) is 13.8. The first kappa shape index (κ1) is 17.7. The number of sulfonamides is 1. The second kappa shape index (κ2) is 7.76. The summed E-state index contributed by atoms with van der Waals surface area (Å²) < 4.78 is 31.4. The molecule has 1 aromatic carbocycles. The van der Waals surface area contributed by atoms with Crippen LogP contribution in [0, 0.1) is 0 Å². The predicted octanol–water partition coefficient (Wildman–Crippen LogP) is 2.89. The minimum absolute atomic E-state index is 0.127. The Morgan fingerprint density at radius 3 is 2.25 bits per heavy atom. The van der Waals surface area contributed by atoms with Crippen molar-refractivity contribution in [2.24, 2.45) is 0 Å². The van der Waals surface area contributed by atoms with Crippen LogP contribution in [0.5, 0.6) is 0 Å². The Labute approximate surface area is 141 Å². The van der Waals surface area contributed by atoms with Crippen LogP contribution in [0.3, 0.4) is 0 Å². The molecule has 0 atom stereocenters.